The summed E-state index contributed by atoms with van der Waals surface area (Å²) in [5.41, 5.74) is 15.7. The van der Waals surface area contributed by atoms with E-state index in [0.29, 0.717) is 44.0 Å². The number of fused-ring (bicyclic) bond motifs is 9. The minimum absolute atomic E-state index is 0.0460. The molecular formula is C44H34O4. The Morgan fingerprint density at radius 2 is 0.896 bits per heavy atom. The zero-order valence-electron chi connectivity index (χ0n) is 27.3. The topological polar surface area (TPSA) is 80.9 Å². The van der Waals surface area contributed by atoms with E-state index >= 15 is 0 Å². The number of aryl methyl sites for hydroxylation is 1. The SMILES string of the molecule is Cc1c(O)c(O)c2c(-c3ccc4c(c3)Cc3ccc5c(c3-4)-c3ccccc3C5)c3c(O)c(C)c(C)c(O)c3c(-c3ccccc3)c2c1C. The standard InChI is InChI=1S/C44H34O4/c1-21-22(2)43(47)44(48)38-33(21)36(25-10-6-5-7-11-25)39-40(42(46)24(4)23(3)41(39)45)37(38)29-16-17-32-30(20-29)19-28-15-14-27-18-26-12-8-9-13-31(26)34(27)35(28)32/h5-17,20,45-48H,18-19H2,1-4H3. The van der Waals surface area contributed by atoms with Crippen molar-refractivity contribution in [3.05, 3.63) is 129 Å². The van der Waals surface area contributed by atoms with E-state index in [1.165, 1.54) is 38.9 Å². The lowest BCUT2D eigenvalue weighted by atomic mass is 9.80. The minimum atomic E-state index is -0.238. The van der Waals surface area contributed by atoms with E-state index in [9.17, 15) is 20.4 Å². The van der Waals surface area contributed by atoms with Crippen molar-refractivity contribution in [2.45, 2.75) is 40.5 Å². The summed E-state index contributed by atoms with van der Waals surface area (Å²) in [5, 5.41) is 49.2. The number of benzene rings is 7. The molecule has 0 amide bonds. The molecule has 0 saturated heterocycles. The quantitative estimate of drug-likeness (QED) is 0.0874. The molecule has 4 nitrogen and oxygen atoms in total. The summed E-state index contributed by atoms with van der Waals surface area (Å²) in [6.45, 7) is 7.35. The van der Waals surface area contributed by atoms with Crippen molar-refractivity contribution >= 4 is 21.5 Å². The van der Waals surface area contributed by atoms with E-state index in [1.54, 1.807) is 13.8 Å². The second-order valence-electron chi connectivity index (χ2n) is 13.5. The molecule has 4 N–H and O–H groups in total. The highest BCUT2D eigenvalue weighted by molar-refractivity contribution is 6.27. The average molecular weight is 627 g/mol. The minimum Gasteiger partial charge on any atom is -0.507 e. The second kappa shape index (κ2) is 9.88. The van der Waals surface area contributed by atoms with Crippen molar-refractivity contribution < 1.29 is 20.4 Å². The van der Waals surface area contributed by atoms with Gasteiger partial charge < -0.3 is 20.4 Å². The van der Waals surface area contributed by atoms with Crippen molar-refractivity contribution in [1.82, 2.24) is 0 Å². The molecule has 2 aliphatic carbocycles. The highest BCUT2D eigenvalue weighted by atomic mass is 16.3. The van der Waals surface area contributed by atoms with E-state index in [0.717, 1.165) is 40.5 Å². The van der Waals surface area contributed by atoms with Gasteiger partial charge in [-0.05, 0) is 124 Å². The van der Waals surface area contributed by atoms with Gasteiger partial charge in [0, 0.05) is 27.3 Å². The smallest absolute Gasteiger partial charge is 0.166 e. The third-order valence-corrected chi connectivity index (χ3v) is 11.2. The summed E-state index contributed by atoms with van der Waals surface area (Å²) in [6, 6.07) is 29.3. The Morgan fingerprint density at radius 3 is 1.56 bits per heavy atom. The fraction of sp³-hybridized carbons (Fsp3) is 0.136. The maximum Gasteiger partial charge on any atom is 0.166 e. The average Bonchev–Trinajstić information content (AvgIpc) is 3.68. The molecule has 0 bridgehead atoms. The lowest BCUT2D eigenvalue weighted by Crippen LogP contribution is -1.98. The van der Waals surface area contributed by atoms with Gasteiger partial charge in [-0.15, -0.1) is 0 Å². The Bertz CT molecular complexity index is 2500. The van der Waals surface area contributed by atoms with Crippen LogP contribution in [-0.4, -0.2) is 20.4 Å². The van der Waals surface area contributed by atoms with Crippen LogP contribution in [0.15, 0.2) is 84.9 Å². The van der Waals surface area contributed by atoms with E-state index < -0.39 is 0 Å². The number of rotatable bonds is 2. The van der Waals surface area contributed by atoms with Gasteiger partial charge in [-0.1, -0.05) is 84.9 Å². The summed E-state index contributed by atoms with van der Waals surface area (Å²) < 4.78 is 0. The molecule has 7 aromatic rings. The van der Waals surface area contributed by atoms with Crippen LogP contribution in [0.5, 0.6) is 23.0 Å². The van der Waals surface area contributed by atoms with Gasteiger partial charge in [0.15, 0.2) is 11.5 Å². The first kappa shape index (κ1) is 28.5. The first-order chi connectivity index (χ1) is 23.2. The Labute approximate surface area is 278 Å². The van der Waals surface area contributed by atoms with Crippen LogP contribution in [0.1, 0.15) is 44.5 Å². The number of aromatic hydroxyl groups is 4. The van der Waals surface area contributed by atoms with Crippen LogP contribution in [0.4, 0.5) is 0 Å². The second-order valence-corrected chi connectivity index (χ2v) is 13.5. The molecule has 7 aromatic carbocycles. The Hall–Kier alpha value is -5.74. The van der Waals surface area contributed by atoms with Gasteiger partial charge in [0.1, 0.15) is 11.5 Å². The lowest BCUT2D eigenvalue weighted by Gasteiger charge is -2.24. The first-order valence-electron chi connectivity index (χ1n) is 16.4. The monoisotopic (exact) mass is 626 g/mol. The fourth-order valence-corrected chi connectivity index (χ4v) is 8.48. The predicted molar refractivity (Wildman–Crippen MR) is 194 cm³/mol. The molecule has 234 valence electrons. The number of hydrogen-bond donors (Lipinski definition) is 4. The van der Waals surface area contributed by atoms with Gasteiger partial charge in [-0.25, -0.2) is 0 Å². The fourth-order valence-electron chi connectivity index (χ4n) is 8.48. The maximum atomic E-state index is 12.0. The normalized spacial score (nSPS) is 12.8. The van der Waals surface area contributed by atoms with Crippen LogP contribution in [0.2, 0.25) is 0 Å². The van der Waals surface area contributed by atoms with Gasteiger partial charge in [-0.3, -0.25) is 0 Å². The Balaban J connectivity index is 1.42. The highest BCUT2D eigenvalue weighted by Crippen LogP contribution is 2.57. The van der Waals surface area contributed by atoms with Crippen molar-refractivity contribution in [3.63, 3.8) is 0 Å². The lowest BCUT2D eigenvalue weighted by molar-refractivity contribution is 0.405. The van der Waals surface area contributed by atoms with E-state index in [4.69, 9.17) is 0 Å². The maximum absolute atomic E-state index is 12.0. The van der Waals surface area contributed by atoms with Gasteiger partial charge in [0.25, 0.3) is 0 Å². The molecular weight excluding hydrogens is 592 g/mol. The van der Waals surface area contributed by atoms with E-state index in [-0.39, 0.29) is 23.0 Å². The summed E-state index contributed by atoms with van der Waals surface area (Å²) in [4.78, 5) is 0. The van der Waals surface area contributed by atoms with Crippen molar-refractivity contribution in [2.75, 3.05) is 0 Å². The summed E-state index contributed by atoms with van der Waals surface area (Å²) in [5.74, 6) is -0.285. The molecule has 2 aliphatic rings. The number of phenols is 4. The molecule has 0 fully saturated rings. The predicted octanol–water partition coefficient (Wildman–Crippen LogP) is 10.5. The molecule has 0 aromatic heterocycles. The molecule has 0 saturated carbocycles. The molecule has 0 aliphatic heterocycles. The number of phenolic OH excluding ortho intramolecular Hbond substituents is 4. The van der Waals surface area contributed by atoms with Gasteiger partial charge in [-0.2, -0.15) is 0 Å². The molecule has 0 heterocycles. The van der Waals surface area contributed by atoms with E-state index in [1.807, 2.05) is 44.2 Å². The molecule has 0 spiro atoms. The van der Waals surface area contributed by atoms with Crippen LogP contribution in [0, 0.1) is 27.7 Å². The summed E-state index contributed by atoms with van der Waals surface area (Å²) in [7, 11) is 0. The highest BCUT2D eigenvalue weighted by Gasteiger charge is 2.32. The third-order valence-electron chi connectivity index (χ3n) is 11.2. The molecule has 0 atom stereocenters. The van der Waals surface area contributed by atoms with E-state index in [2.05, 4.69) is 54.6 Å². The Kier molecular flexibility index (Phi) is 5.86. The summed E-state index contributed by atoms with van der Waals surface area (Å²) in [6.07, 6.45) is 1.69. The number of hydrogen-bond acceptors (Lipinski definition) is 4. The first-order valence-corrected chi connectivity index (χ1v) is 16.4. The van der Waals surface area contributed by atoms with Crippen molar-refractivity contribution in [3.8, 4) is 67.5 Å². The van der Waals surface area contributed by atoms with Gasteiger partial charge in [0.2, 0.25) is 0 Å². The van der Waals surface area contributed by atoms with Gasteiger partial charge in [0.05, 0.1) is 0 Å². The van der Waals surface area contributed by atoms with Crippen LogP contribution in [0.3, 0.4) is 0 Å². The summed E-state index contributed by atoms with van der Waals surface area (Å²) >= 11 is 0. The van der Waals surface area contributed by atoms with Crippen LogP contribution in [-0.2, 0) is 12.8 Å². The molecule has 0 radical (unpaired) electrons. The molecule has 48 heavy (non-hydrogen) atoms. The largest absolute Gasteiger partial charge is 0.507 e. The molecule has 0 unspecified atom stereocenters. The zero-order valence-corrected chi connectivity index (χ0v) is 27.3. The van der Waals surface area contributed by atoms with Gasteiger partial charge >= 0.3 is 0 Å². The van der Waals surface area contributed by atoms with Crippen molar-refractivity contribution in [2.24, 2.45) is 0 Å². The van der Waals surface area contributed by atoms with Crippen LogP contribution in [0.25, 0.3) is 66.1 Å². The van der Waals surface area contributed by atoms with Crippen LogP contribution >= 0.6 is 0 Å². The zero-order chi connectivity index (χ0) is 33.2. The van der Waals surface area contributed by atoms with Crippen molar-refractivity contribution in [1.29, 1.82) is 0 Å². The molecule has 4 heteroatoms. The Morgan fingerprint density at radius 1 is 0.375 bits per heavy atom. The van der Waals surface area contributed by atoms with Crippen LogP contribution < -0.4 is 0 Å². The third kappa shape index (κ3) is 3.60. The molecule has 9 rings (SSSR count).